The predicted molar refractivity (Wildman–Crippen MR) is 77.5 cm³/mol. The first-order valence-corrected chi connectivity index (χ1v) is 6.84. The Morgan fingerprint density at radius 3 is 2.47 bits per heavy atom. The highest BCUT2D eigenvalue weighted by molar-refractivity contribution is 6.01. The average molecular weight is 250 g/mol. The lowest BCUT2D eigenvalue weighted by Gasteiger charge is -2.07. The van der Waals surface area contributed by atoms with Crippen molar-refractivity contribution in [1.29, 1.82) is 0 Å². The number of benzene rings is 2. The van der Waals surface area contributed by atoms with Crippen LogP contribution in [0.4, 0.5) is 0 Å². The van der Waals surface area contributed by atoms with E-state index < -0.39 is 0 Å². The van der Waals surface area contributed by atoms with Crippen LogP contribution in [0.1, 0.15) is 39.4 Å². The molecule has 1 heteroatoms. The van der Waals surface area contributed by atoms with Crippen LogP contribution in [-0.4, -0.2) is 5.78 Å². The van der Waals surface area contributed by atoms with E-state index in [1.165, 1.54) is 11.1 Å². The molecule has 1 aliphatic carbocycles. The van der Waals surface area contributed by atoms with Crippen LogP contribution >= 0.6 is 0 Å². The lowest BCUT2D eigenvalue weighted by molar-refractivity contribution is 0.0964. The van der Waals surface area contributed by atoms with Crippen molar-refractivity contribution >= 4 is 5.78 Å². The van der Waals surface area contributed by atoms with Crippen LogP contribution in [0.25, 0.3) is 0 Å². The molecule has 2 aromatic rings. The molecule has 2 aromatic carbocycles. The van der Waals surface area contributed by atoms with Crippen molar-refractivity contribution < 1.29 is 4.79 Å². The number of carbonyl (C=O) groups is 1. The quantitative estimate of drug-likeness (QED) is 0.743. The number of carbonyl (C=O) groups excluding carboxylic acids is 1. The minimum absolute atomic E-state index is 0.183. The van der Waals surface area contributed by atoms with Crippen molar-refractivity contribution in [3.8, 4) is 0 Å². The summed E-state index contributed by atoms with van der Waals surface area (Å²) in [6.45, 7) is 4.11. The average Bonchev–Trinajstić information content (AvgIpc) is 3.22. The molecule has 0 saturated heterocycles. The second-order valence-electron chi connectivity index (χ2n) is 5.47. The van der Waals surface area contributed by atoms with E-state index in [0.29, 0.717) is 11.7 Å². The first-order chi connectivity index (χ1) is 9.18. The van der Waals surface area contributed by atoms with Crippen LogP contribution in [0.5, 0.6) is 0 Å². The van der Waals surface area contributed by atoms with Crippen molar-refractivity contribution in [2.24, 2.45) is 5.92 Å². The Hall–Kier alpha value is -1.89. The van der Waals surface area contributed by atoms with Gasteiger partial charge in [-0.15, -0.1) is 0 Å². The lowest BCUT2D eigenvalue weighted by atomic mass is 9.96. The Bertz CT molecular complexity index is 613. The summed E-state index contributed by atoms with van der Waals surface area (Å²) in [6, 6.07) is 16.4. The summed E-state index contributed by atoms with van der Waals surface area (Å²) in [4.78, 5) is 12.6. The highest BCUT2D eigenvalue weighted by Crippen LogP contribution is 2.49. The third-order valence-corrected chi connectivity index (χ3v) is 4.23. The number of ketones is 1. The van der Waals surface area contributed by atoms with Crippen molar-refractivity contribution in [3.05, 3.63) is 70.8 Å². The van der Waals surface area contributed by atoms with Gasteiger partial charge in [-0.2, -0.15) is 0 Å². The molecule has 0 N–H and O–H groups in total. The fourth-order valence-corrected chi connectivity index (χ4v) is 2.77. The molecule has 2 atom stereocenters. The molecule has 0 heterocycles. The molecular formula is C18H18O. The van der Waals surface area contributed by atoms with Gasteiger partial charge in [0.15, 0.2) is 5.78 Å². The van der Waals surface area contributed by atoms with Crippen LogP contribution in [0.15, 0.2) is 48.5 Å². The Kier molecular flexibility index (Phi) is 2.98. The van der Waals surface area contributed by atoms with Crippen LogP contribution in [0.2, 0.25) is 0 Å². The fourth-order valence-electron chi connectivity index (χ4n) is 2.77. The van der Waals surface area contributed by atoms with E-state index >= 15 is 0 Å². The van der Waals surface area contributed by atoms with Gasteiger partial charge in [0.2, 0.25) is 0 Å². The number of rotatable bonds is 3. The van der Waals surface area contributed by atoms with E-state index in [9.17, 15) is 4.79 Å². The monoisotopic (exact) mass is 250 g/mol. The molecular weight excluding hydrogens is 232 g/mol. The fraction of sp³-hybridized carbons (Fsp3) is 0.278. The van der Waals surface area contributed by atoms with Gasteiger partial charge in [-0.25, -0.2) is 0 Å². The van der Waals surface area contributed by atoms with E-state index in [1.54, 1.807) is 0 Å². The zero-order chi connectivity index (χ0) is 13.4. The number of aryl methyl sites for hydroxylation is 1. The molecule has 1 fully saturated rings. The van der Waals surface area contributed by atoms with Gasteiger partial charge in [0.25, 0.3) is 0 Å². The Morgan fingerprint density at radius 1 is 1.00 bits per heavy atom. The Labute approximate surface area is 114 Å². The predicted octanol–water partition coefficient (Wildman–Crippen LogP) is 4.29. The second-order valence-corrected chi connectivity index (χ2v) is 5.47. The summed E-state index contributed by atoms with van der Waals surface area (Å²) in [5, 5.41) is 0. The molecule has 0 spiro atoms. The molecule has 2 unspecified atom stereocenters. The maximum Gasteiger partial charge on any atom is 0.166 e. The van der Waals surface area contributed by atoms with E-state index in [-0.39, 0.29) is 5.92 Å². The zero-order valence-corrected chi connectivity index (χ0v) is 11.4. The number of Topliss-reactive ketones (excluding diaryl/α,β-unsaturated/α-hetero) is 1. The third kappa shape index (κ3) is 2.21. The summed E-state index contributed by atoms with van der Waals surface area (Å²) < 4.78 is 0. The molecule has 19 heavy (non-hydrogen) atoms. The van der Waals surface area contributed by atoms with Crippen LogP contribution in [0.3, 0.4) is 0 Å². The van der Waals surface area contributed by atoms with Gasteiger partial charge in [-0.05, 0) is 42.9 Å². The summed E-state index contributed by atoms with van der Waals surface area (Å²) >= 11 is 0. The van der Waals surface area contributed by atoms with E-state index in [4.69, 9.17) is 0 Å². The van der Waals surface area contributed by atoms with Crippen molar-refractivity contribution in [1.82, 2.24) is 0 Å². The highest BCUT2D eigenvalue weighted by atomic mass is 16.1. The van der Waals surface area contributed by atoms with Crippen molar-refractivity contribution in [2.75, 3.05) is 0 Å². The lowest BCUT2D eigenvalue weighted by Crippen LogP contribution is -2.06. The molecule has 3 rings (SSSR count). The Balaban J connectivity index is 1.82. The molecule has 0 bridgehead atoms. The van der Waals surface area contributed by atoms with Gasteiger partial charge in [-0.1, -0.05) is 48.5 Å². The number of hydrogen-bond donors (Lipinski definition) is 0. The van der Waals surface area contributed by atoms with Crippen molar-refractivity contribution in [2.45, 2.75) is 26.2 Å². The largest absolute Gasteiger partial charge is 0.294 e. The summed E-state index contributed by atoms with van der Waals surface area (Å²) in [6.07, 6.45) is 0.996. The minimum atomic E-state index is 0.183. The first kappa shape index (κ1) is 12.2. The van der Waals surface area contributed by atoms with Gasteiger partial charge in [0.05, 0.1) is 0 Å². The van der Waals surface area contributed by atoms with E-state index in [2.05, 4.69) is 25.1 Å². The molecule has 0 amide bonds. The van der Waals surface area contributed by atoms with Crippen LogP contribution < -0.4 is 0 Å². The maximum atomic E-state index is 12.6. The minimum Gasteiger partial charge on any atom is -0.294 e. The van der Waals surface area contributed by atoms with Gasteiger partial charge in [-0.3, -0.25) is 4.79 Å². The maximum absolute atomic E-state index is 12.6. The van der Waals surface area contributed by atoms with E-state index in [0.717, 1.165) is 17.5 Å². The van der Waals surface area contributed by atoms with Gasteiger partial charge >= 0.3 is 0 Å². The topological polar surface area (TPSA) is 17.1 Å². The molecule has 96 valence electrons. The van der Waals surface area contributed by atoms with Gasteiger partial charge in [0.1, 0.15) is 0 Å². The molecule has 0 radical (unpaired) electrons. The molecule has 1 saturated carbocycles. The van der Waals surface area contributed by atoms with Gasteiger partial charge < -0.3 is 0 Å². The van der Waals surface area contributed by atoms with Crippen molar-refractivity contribution in [3.63, 3.8) is 0 Å². The second kappa shape index (κ2) is 4.65. The molecule has 0 aliphatic heterocycles. The molecule has 1 nitrogen and oxygen atoms in total. The highest BCUT2D eigenvalue weighted by Gasteiger charge is 2.44. The Morgan fingerprint density at radius 2 is 1.74 bits per heavy atom. The number of hydrogen-bond acceptors (Lipinski definition) is 1. The zero-order valence-electron chi connectivity index (χ0n) is 11.4. The standard InChI is InChI=1S/C18H18O/c1-12-7-6-10-15(13(12)2)18(19)17-11-16(17)14-8-4-3-5-9-14/h3-10,16-17H,11H2,1-2H3. The SMILES string of the molecule is Cc1cccc(C(=O)C2CC2c2ccccc2)c1C. The summed E-state index contributed by atoms with van der Waals surface area (Å²) in [5.41, 5.74) is 4.53. The smallest absolute Gasteiger partial charge is 0.166 e. The third-order valence-electron chi connectivity index (χ3n) is 4.23. The normalized spacial score (nSPS) is 21.2. The first-order valence-electron chi connectivity index (χ1n) is 6.84. The van der Waals surface area contributed by atoms with Crippen LogP contribution in [0, 0.1) is 19.8 Å². The van der Waals surface area contributed by atoms with E-state index in [1.807, 2.05) is 37.3 Å². The molecule has 1 aliphatic rings. The van der Waals surface area contributed by atoms with Crippen LogP contribution in [-0.2, 0) is 0 Å². The summed E-state index contributed by atoms with van der Waals surface area (Å²) in [5.74, 6) is 0.923. The summed E-state index contributed by atoms with van der Waals surface area (Å²) in [7, 11) is 0. The van der Waals surface area contributed by atoms with Gasteiger partial charge in [0, 0.05) is 11.5 Å². The molecule has 0 aromatic heterocycles.